The lowest BCUT2D eigenvalue weighted by molar-refractivity contribution is -0.386. The Morgan fingerprint density at radius 3 is 2.50 bits per heavy atom. The van der Waals surface area contributed by atoms with E-state index in [1.807, 2.05) is 20.8 Å². The van der Waals surface area contributed by atoms with Crippen molar-refractivity contribution in [2.45, 2.75) is 27.2 Å². The van der Waals surface area contributed by atoms with Gasteiger partial charge < -0.3 is 9.84 Å². The van der Waals surface area contributed by atoms with Crippen molar-refractivity contribution in [3.8, 4) is 5.75 Å². The van der Waals surface area contributed by atoms with Gasteiger partial charge >= 0.3 is 11.7 Å². The Balaban J connectivity index is 3.05. The molecular formula is C13H16FNO5. The molecule has 0 fully saturated rings. The summed E-state index contributed by atoms with van der Waals surface area (Å²) in [5.41, 5.74) is -1.27. The van der Waals surface area contributed by atoms with Crippen molar-refractivity contribution < 1.29 is 24.0 Å². The molecule has 0 saturated carbocycles. The summed E-state index contributed by atoms with van der Waals surface area (Å²) in [7, 11) is 0. The number of carboxylic acids is 1. The van der Waals surface area contributed by atoms with Crippen LogP contribution in [0, 0.1) is 21.3 Å². The number of halogens is 1. The second-order valence-corrected chi connectivity index (χ2v) is 5.52. The molecule has 1 aromatic carbocycles. The minimum Gasteiger partial charge on any atom is -0.487 e. The highest BCUT2D eigenvalue weighted by Gasteiger charge is 2.23. The van der Waals surface area contributed by atoms with E-state index in [1.165, 1.54) is 0 Å². The Kier molecular flexibility index (Phi) is 4.65. The van der Waals surface area contributed by atoms with E-state index in [9.17, 15) is 19.3 Å². The molecule has 0 aliphatic heterocycles. The molecule has 0 heterocycles. The lowest BCUT2D eigenvalue weighted by Crippen LogP contribution is -2.12. The molecule has 1 rings (SSSR count). The molecule has 0 aliphatic carbocycles. The first kappa shape index (κ1) is 15.9. The molecule has 0 spiro atoms. The molecule has 110 valence electrons. The predicted molar refractivity (Wildman–Crippen MR) is 69.6 cm³/mol. The van der Waals surface area contributed by atoms with Gasteiger partial charge in [-0.15, -0.1) is 0 Å². The monoisotopic (exact) mass is 285 g/mol. The summed E-state index contributed by atoms with van der Waals surface area (Å²) in [5, 5.41) is 19.6. The maximum Gasteiger partial charge on any atom is 0.338 e. The van der Waals surface area contributed by atoms with Crippen LogP contribution in [0.15, 0.2) is 12.1 Å². The number of rotatable bonds is 5. The van der Waals surface area contributed by atoms with Crippen LogP contribution in [-0.4, -0.2) is 22.6 Å². The molecule has 7 heteroatoms. The van der Waals surface area contributed by atoms with Crippen LogP contribution in [0.5, 0.6) is 5.75 Å². The van der Waals surface area contributed by atoms with Gasteiger partial charge in [-0.25, -0.2) is 9.18 Å². The van der Waals surface area contributed by atoms with Gasteiger partial charge in [-0.05, 0) is 11.8 Å². The standard InChI is InChI=1S/C13H16FNO5/c1-13(2,3)4-5-20-11-6-8(12(16)17)9(14)7-10(11)15(18)19/h6-7H,4-5H2,1-3H3,(H,16,17). The van der Waals surface area contributed by atoms with Crippen LogP contribution < -0.4 is 4.74 Å². The van der Waals surface area contributed by atoms with E-state index in [-0.39, 0.29) is 17.8 Å². The Bertz CT molecular complexity index is 536. The average molecular weight is 285 g/mol. The van der Waals surface area contributed by atoms with Crippen molar-refractivity contribution in [2.24, 2.45) is 5.41 Å². The second-order valence-electron chi connectivity index (χ2n) is 5.52. The zero-order chi connectivity index (χ0) is 15.5. The predicted octanol–water partition coefficient (Wildman–Crippen LogP) is 3.25. The topological polar surface area (TPSA) is 89.7 Å². The van der Waals surface area contributed by atoms with Gasteiger partial charge in [-0.2, -0.15) is 0 Å². The summed E-state index contributed by atoms with van der Waals surface area (Å²) in [6.45, 7) is 6.09. The third kappa shape index (κ3) is 4.18. The third-order valence-electron chi connectivity index (χ3n) is 2.59. The number of carboxylic acid groups (broad SMARTS) is 1. The van der Waals surface area contributed by atoms with Gasteiger partial charge in [0.15, 0.2) is 5.75 Å². The summed E-state index contributed by atoms with van der Waals surface area (Å²) in [4.78, 5) is 20.8. The number of ether oxygens (including phenoxy) is 1. The van der Waals surface area contributed by atoms with E-state index in [1.54, 1.807) is 0 Å². The number of aromatic carboxylic acids is 1. The van der Waals surface area contributed by atoms with Gasteiger partial charge in [0, 0.05) is 6.07 Å². The summed E-state index contributed by atoms with van der Waals surface area (Å²) in [6.07, 6.45) is 0.615. The first-order valence-corrected chi connectivity index (χ1v) is 5.96. The molecule has 0 atom stereocenters. The number of nitro groups is 1. The molecule has 6 nitrogen and oxygen atoms in total. The fourth-order valence-electron chi connectivity index (χ4n) is 1.43. The number of nitrogens with zero attached hydrogens (tertiary/aromatic N) is 1. The van der Waals surface area contributed by atoms with Crippen LogP contribution in [0.2, 0.25) is 0 Å². The second kappa shape index (κ2) is 5.85. The van der Waals surface area contributed by atoms with Crippen molar-refractivity contribution in [1.82, 2.24) is 0 Å². The van der Waals surface area contributed by atoms with Gasteiger partial charge in [0.1, 0.15) is 5.82 Å². The molecule has 0 amide bonds. The van der Waals surface area contributed by atoms with Crippen LogP contribution in [0.1, 0.15) is 37.6 Å². The Morgan fingerprint density at radius 1 is 1.45 bits per heavy atom. The van der Waals surface area contributed by atoms with E-state index in [2.05, 4.69) is 0 Å². The zero-order valence-electron chi connectivity index (χ0n) is 11.5. The van der Waals surface area contributed by atoms with E-state index >= 15 is 0 Å². The molecular weight excluding hydrogens is 269 g/mol. The maximum absolute atomic E-state index is 13.4. The zero-order valence-corrected chi connectivity index (χ0v) is 11.5. The Hall–Kier alpha value is -2.18. The van der Waals surface area contributed by atoms with Crippen LogP contribution in [-0.2, 0) is 0 Å². The van der Waals surface area contributed by atoms with E-state index in [0.717, 1.165) is 6.07 Å². The third-order valence-corrected chi connectivity index (χ3v) is 2.59. The molecule has 0 unspecified atom stereocenters. The highest BCUT2D eigenvalue weighted by atomic mass is 19.1. The quantitative estimate of drug-likeness (QED) is 0.662. The SMILES string of the molecule is CC(C)(C)CCOc1cc(C(=O)O)c(F)cc1[N+](=O)[O-]. The molecule has 0 aromatic heterocycles. The normalized spacial score (nSPS) is 11.2. The van der Waals surface area contributed by atoms with Crippen molar-refractivity contribution in [3.63, 3.8) is 0 Å². The van der Waals surface area contributed by atoms with Crippen molar-refractivity contribution in [3.05, 3.63) is 33.6 Å². The molecule has 0 aliphatic rings. The highest BCUT2D eigenvalue weighted by molar-refractivity contribution is 5.89. The minimum absolute atomic E-state index is 0.0373. The van der Waals surface area contributed by atoms with E-state index in [4.69, 9.17) is 9.84 Å². The minimum atomic E-state index is -1.50. The van der Waals surface area contributed by atoms with Crippen molar-refractivity contribution in [1.29, 1.82) is 0 Å². The van der Waals surface area contributed by atoms with Crippen LogP contribution >= 0.6 is 0 Å². The number of hydrogen-bond donors (Lipinski definition) is 1. The summed E-state index contributed by atoms with van der Waals surface area (Å²) >= 11 is 0. The van der Waals surface area contributed by atoms with E-state index < -0.39 is 28.0 Å². The first-order valence-electron chi connectivity index (χ1n) is 5.96. The molecule has 0 bridgehead atoms. The van der Waals surface area contributed by atoms with Gasteiger partial charge in [-0.1, -0.05) is 20.8 Å². The van der Waals surface area contributed by atoms with E-state index in [0.29, 0.717) is 12.5 Å². The lowest BCUT2D eigenvalue weighted by atomic mass is 9.93. The Labute approximate surface area is 115 Å². The van der Waals surface area contributed by atoms with Crippen molar-refractivity contribution >= 4 is 11.7 Å². The number of hydrogen-bond acceptors (Lipinski definition) is 4. The van der Waals surface area contributed by atoms with Crippen molar-refractivity contribution in [2.75, 3.05) is 6.61 Å². The fraction of sp³-hybridized carbons (Fsp3) is 0.462. The molecule has 1 N–H and O–H groups in total. The highest BCUT2D eigenvalue weighted by Crippen LogP contribution is 2.31. The maximum atomic E-state index is 13.4. The van der Waals surface area contributed by atoms with Gasteiger partial charge in [0.2, 0.25) is 0 Å². The largest absolute Gasteiger partial charge is 0.487 e. The average Bonchev–Trinajstić information content (AvgIpc) is 2.28. The number of nitro benzene ring substituents is 1. The molecule has 0 saturated heterocycles. The fourth-order valence-corrected chi connectivity index (χ4v) is 1.43. The van der Waals surface area contributed by atoms with Crippen LogP contribution in [0.3, 0.4) is 0 Å². The van der Waals surface area contributed by atoms with Gasteiger partial charge in [0.25, 0.3) is 0 Å². The first-order chi connectivity index (χ1) is 9.11. The van der Waals surface area contributed by atoms with Gasteiger partial charge in [-0.3, -0.25) is 10.1 Å². The van der Waals surface area contributed by atoms with Crippen LogP contribution in [0.4, 0.5) is 10.1 Å². The summed E-state index contributed by atoms with van der Waals surface area (Å²) in [6, 6.07) is 1.41. The number of benzene rings is 1. The van der Waals surface area contributed by atoms with Gasteiger partial charge in [0.05, 0.1) is 23.2 Å². The lowest BCUT2D eigenvalue weighted by Gasteiger charge is -2.18. The molecule has 0 radical (unpaired) electrons. The summed E-state index contributed by atoms with van der Waals surface area (Å²) < 4.78 is 18.7. The molecule has 1 aromatic rings. The Morgan fingerprint density at radius 2 is 2.05 bits per heavy atom. The summed E-state index contributed by atoms with van der Waals surface area (Å²) in [5.74, 6) is -2.90. The smallest absolute Gasteiger partial charge is 0.338 e. The number of carbonyl (C=O) groups is 1. The molecule has 20 heavy (non-hydrogen) atoms. The van der Waals surface area contributed by atoms with Crippen LogP contribution in [0.25, 0.3) is 0 Å².